The molecule has 28 heavy (non-hydrogen) atoms. The molecule has 0 aromatic rings. The van der Waals surface area contributed by atoms with Gasteiger partial charge in [-0.05, 0) is 40.5 Å². The van der Waals surface area contributed by atoms with Gasteiger partial charge in [0.25, 0.3) is 20.2 Å². The molecule has 1 unspecified atom stereocenters. The molecule has 0 bridgehead atoms. The van der Waals surface area contributed by atoms with Crippen molar-refractivity contribution in [3.63, 3.8) is 0 Å². The molecule has 0 saturated heterocycles. The largest absolute Gasteiger partial charge is 0.350 e. The van der Waals surface area contributed by atoms with E-state index in [-0.39, 0.29) is 6.42 Å². The second-order valence-electron chi connectivity index (χ2n) is 8.44. The van der Waals surface area contributed by atoms with E-state index in [2.05, 4.69) is 10.6 Å². The zero-order valence-corrected chi connectivity index (χ0v) is 18.8. The fourth-order valence-corrected chi connectivity index (χ4v) is 4.84. The SMILES string of the molecule is CCC(C[C@@H](C)C(=O)NC(C)(C)CS(=O)(=O)O)C(=O)NC(C)(C)CS(=O)(=O)O. The third-order valence-electron chi connectivity index (χ3n) is 3.96. The number of carbonyl (C=O) groups excluding carboxylic acids is 2. The van der Waals surface area contributed by atoms with Gasteiger partial charge in [0.15, 0.2) is 0 Å². The van der Waals surface area contributed by atoms with Crippen molar-refractivity contribution in [3.8, 4) is 0 Å². The van der Waals surface area contributed by atoms with E-state index in [0.29, 0.717) is 6.42 Å². The third-order valence-corrected chi connectivity index (χ3v) is 6.13. The molecular formula is C16H32N2O8S2. The average Bonchev–Trinajstić information content (AvgIpc) is 2.37. The minimum atomic E-state index is -4.28. The van der Waals surface area contributed by atoms with Crippen LogP contribution in [0.5, 0.6) is 0 Å². The van der Waals surface area contributed by atoms with Crippen LogP contribution in [-0.4, -0.2) is 60.3 Å². The Hall–Kier alpha value is -1.24. The number of rotatable bonds is 11. The van der Waals surface area contributed by atoms with Gasteiger partial charge < -0.3 is 10.6 Å². The normalized spacial score (nSPS) is 15.6. The monoisotopic (exact) mass is 444 g/mol. The quantitative estimate of drug-likeness (QED) is 0.336. The van der Waals surface area contributed by atoms with E-state index in [1.54, 1.807) is 13.8 Å². The highest BCUT2D eigenvalue weighted by Gasteiger charge is 2.32. The number of hydrogen-bond donors (Lipinski definition) is 4. The lowest BCUT2D eigenvalue weighted by Crippen LogP contribution is -2.52. The van der Waals surface area contributed by atoms with Crippen LogP contribution in [0.2, 0.25) is 0 Å². The minimum absolute atomic E-state index is 0.151. The Morgan fingerprint density at radius 3 is 1.54 bits per heavy atom. The van der Waals surface area contributed by atoms with Gasteiger partial charge in [-0.25, -0.2) is 0 Å². The molecular weight excluding hydrogens is 412 g/mol. The van der Waals surface area contributed by atoms with Crippen molar-refractivity contribution in [1.29, 1.82) is 0 Å². The van der Waals surface area contributed by atoms with E-state index >= 15 is 0 Å². The first-order valence-corrected chi connectivity index (χ1v) is 12.0. The van der Waals surface area contributed by atoms with E-state index in [4.69, 9.17) is 9.11 Å². The summed E-state index contributed by atoms with van der Waals surface area (Å²) in [5, 5.41) is 5.10. The molecule has 0 aliphatic rings. The second kappa shape index (κ2) is 9.51. The van der Waals surface area contributed by atoms with Crippen LogP contribution in [0.1, 0.15) is 54.4 Å². The number of nitrogens with one attached hydrogen (secondary N) is 2. The standard InChI is InChI=1S/C16H32N2O8S2/c1-7-12(14(20)18-16(5,6)10-28(24,25)26)8-11(2)13(19)17-15(3,4)9-27(21,22)23/h11-12H,7-10H2,1-6H3,(H,17,19)(H,18,20)(H,21,22,23)(H,24,25,26)/t11-,12?/m1/s1. The molecule has 0 aromatic heterocycles. The maximum Gasteiger partial charge on any atom is 0.267 e. The van der Waals surface area contributed by atoms with Crippen LogP contribution < -0.4 is 10.6 Å². The van der Waals surface area contributed by atoms with Gasteiger partial charge in [-0.15, -0.1) is 0 Å². The molecule has 2 atom stereocenters. The van der Waals surface area contributed by atoms with E-state index < -0.39 is 66.5 Å². The van der Waals surface area contributed by atoms with Gasteiger partial charge in [-0.2, -0.15) is 16.8 Å². The summed E-state index contributed by atoms with van der Waals surface area (Å²) in [6.45, 7) is 9.14. The van der Waals surface area contributed by atoms with Crippen LogP contribution in [-0.2, 0) is 29.8 Å². The molecule has 2 amide bonds. The first-order chi connectivity index (χ1) is 12.3. The second-order valence-corrected chi connectivity index (χ2v) is 11.3. The predicted octanol–water partition coefficient (Wildman–Crippen LogP) is 0.604. The zero-order valence-electron chi connectivity index (χ0n) is 17.1. The molecule has 0 saturated carbocycles. The highest BCUT2D eigenvalue weighted by atomic mass is 32.2. The van der Waals surface area contributed by atoms with Crippen LogP contribution >= 0.6 is 0 Å². The summed E-state index contributed by atoms with van der Waals surface area (Å²) >= 11 is 0. The Balaban J connectivity index is 5.00. The van der Waals surface area contributed by atoms with Crippen molar-refractivity contribution >= 4 is 32.1 Å². The lowest BCUT2D eigenvalue weighted by atomic mass is 9.91. The highest BCUT2D eigenvalue weighted by Crippen LogP contribution is 2.19. The molecule has 0 fully saturated rings. The molecule has 0 rings (SSSR count). The fraction of sp³-hybridized carbons (Fsp3) is 0.875. The minimum Gasteiger partial charge on any atom is -0.350 e. The molecule has 0 heterocycles. The number of amides is 2. The summed E-state index contributed by atoms with van der Waals surface area (Å²) in [6.07, 6.45) is 0.540. The number of carbonyl (C=O) groups is 2. The van der Waals surface area contributed by atoms with E-state index in [9.17, 15) is 26.4 Å². The Bertz CT molecular complexity index is 772. The van der Waals surface area contributed by atoms with Crippen molar-refractivity contribution in [3.05, 3.63) is 0 Å². The molecule has 0 aliphatic carbocycles. The first-order valence-electron chi connectivity index (χ1n) is 8.81. The fourth-order valence-electron chi connectivity index (χ4n) is 2.87. The van der Waals surface area contributed by atoms with Gasteiger partial charge in [-0.1, -0.05) is 13.8 Å². The molecule has 0 radical (unpaired) electrons. The molecule has 12 heteroatoms. The maximum absolute atomic E-state index is 12.5. The summed E-state index contributed by atoms with van der Waals surface area (Å²) in [5.74, 6) is -3.46. The van der Waals surface area contributed by atoms with Crippen molar-refractivity contribution in [1.82, 2.24) is 10.6 Å². The van der Waals surface area contributed by atoms with Crippen molar-refractivity contribution < 1.29 is 35.5 Å². The van der Waals surface area contributed by atoms with Crippen LogP contribution in [0, 0.1) is 11.8 Å². The summed E-state index contributed by atoms with van der Waals surface area (Å²) in [4.78, 5) is 24.8. The zero-order chi connectivity index (χ0) is 22.6. The molecule has 10 nitrogen and oxygen atoms in total. The molecule has 166 valence electrons. The number of hydrogen-bond acceptors (Lipinski definition) is 6. The average molecular weight is 445 g/mol. The summed E-state index contributed by atoms with van der Waals surface area (Å²) in [5.41, 5.74) is -2.39. The van der Waals surface area contributed by atoms with Gasteiger partial charge in [0.2, 0.25) is 11.8 Å². The first kappa shape index (κ1) is 26.8. The summed E-state index contributed by atoms with van der Waals surface area (Å²) in [6, 6.07) is 0. The lowest BCUT2D eigenvalue weighted by molar-refractivity contribution is -0.129. The van der Waals surface area contributed by atoms with Gasteiger partial charge >= 0.3 is 0 Å². The molecule has 4 N–H and O–H groups in total. The molecule has 0 aliphatic heterocycles. The van der Waals surface area contributed by atoms with Crippen molar-refractivity contribution in [2.24, 2.45) is 11.8 Å². The van der Waals surface area contributed by atoms with Gasteiger partial charge in [0, 0.05) is 11.8 Å². The van der Waals surface area contributed by atoms with E-state index in [1.807, 2.05) is 0 Å². The van der Waals surface area contributed by atoms with Crippen molar-refractivity contribution in [2.75, 3.05) is 11.5 Å². The topological polar surface area (TPSA) is 167 Å². The van der Waals surface area contributed by atoms with Gasteiger partial charge in [0.1, 0.15) is 0 Å². The Labute approximate surface area is 167 Å². The Kier molecular flexibility index (Phi) is 9.08. The van der Waals surface area contributed by atoms with Gasteiger partial charge in [0.05, 0.1) is 22.6 Å². The van der Waals surface area contributed by atoms with Gasteiger partial charge in [-0.3, -0.25) is 18.7 Å². The van der Waals surface area contributed by atoms with E-state index in [0.717, 1.165) is 0 Å². The highest BCUT2D eigenvalue weighted by molar-refractivity contribution is 7.86. The van der Waals surface area contributed by atoms with Crippen LogP contribution in [0.15, 0.2) is 0 Å². The van der Waals surface area contributed by atoms with Crippen LogP contribution in [0.4, 0.5) is 0 Å². The third kappa shape index (κ3) is 11.6. The predicted molar refractivity (Wildman–Crippen MR) is 105 cm³/mol. The van der Waals surface area contributed by atoms with Crippen LogP contribution in [0.25, 0.3) is 0 Å². The summed E-state index contributed by atoms with van der Waals surface area (Å²) in [7, 11) is -8.56. The maximum atomic E-state index is 12.5. The molecule has 0 spiro atoms. The lowest BCUT2D eigenvalue weighted by Gasteiger charge is -2.29. The molecule has 0 aromatic carbocycles. The Morgan fingerprint density at radius 1 is 0.857 bits per heavy atom. The van der Waals surface area contributed by atoms with E-state index in [1.165, 1.54) is 27.7 Å². The van der Waals surface area contributed by atoms with Crippen LogP contribution in [0.3, 0.4) is 0 Å². The Morgan fingerprint density at radius 2 is 1.21 bits per heavy atom. The smallest absolute Gasteiger partial charge is 0.267 e. The summed E-state index contributed by atoms with van der Waals surface area (Å²) < 4.78 is 62.1. The van der Waals surface area contributed by atoms with Crippen molar-refractivity contribution in [2.45, 2.75) is 65.5 Å².